The van der Waals surface area contributed by atoms with E-state index in [0.29, 0.717) is 42.7 Å². The van der Waals surface area contributed by atoms with Crippen molar-refractivity contribution in [1.29, 1.82) is 0 Å². The zero-order valence-corrected chi connectivity index (χ0v) is 17.9. The predicted molar refractivity (Wildman–Crippen MR) is 112 cm³/mol. The normalized spacial score (nSPS) is 16.3. The number of hydrogen-bond donors (Lipinski definition) is 0. The second kappa shape index (κ2) is 8.43. The van der Waals surface area contributed by atoms with E-state index in [2.05, 4.69) is 20.2 Å². The van der Waals surface area contributed by atoms with Crippen molar-refractivity contribution in [3.05, 3.63) is 45.4 Å². The van der Waals surface area contributed by atoms with Crippen LogP contribution in [0.4, 0.5) is 5.69 Å². The number of aryl methyl sites for hydroxylation is 3. The van der Waals surface area contributed by atoms with Gasteiger partial charge in [0.1, 0.15) is 23.2 Å². The highest BCUT2D eigenvalue weighted by molar-refractivity contribution is 6.33. The van der Waals surface area contributed by atoms with Crippen LogP contribution >= 0.6 is 11.6 Å². The Morgan fingerprint density at radius 2 is 2.17 bits per heavy atom. The molecule has 0 amide bonds. The molecule has 1 atom stereocenters. The zero-order chi connectivity index (χ0) is 21.3. The van der Waals surface area contributed by atoms with Gasteiger partial charge in [0, 0.05) is 25.6 Å². The summed E-state index contributed by atoms with van der Waals surface area (Å²) in [5.74, 6) is 1.18. The first kappa shape index (κ1) is 20.3. The molecule has 0 saturated carbocycles. The number of hydrogen-bond acceptors (Lipinski definition) is 8. The van der Waals surface area contributed by atoms with Crippen molar-refractivity contribution in [2.24, 2.45) is 0 Å². The predicted octanol–water partition coefficient (Wildman–Crippen LogP) is 3.03. The minimum absolute atomic E-state index is 0.0911. The Bertz CT molecular complexity index is 1090. The Morgan fingerprint density at radius 1 is 1.33 bits per heavy atom. The molecule has 30 heavy (non-hydrogen) atoms. The fourth-order valence-corrected chi connectivity index (χ4v) is 3.92. The number of anilines is 1. The van der Waals surface area contributed by atoms with Gasteiger partial charge < -0.3 is 14.2 Å². The molecule has 0 N–H and O–H groups in total. The van der Waals surface area contributed by atoms with E-state index in [1.807, 2.05) is 25.7 Å². The van der Waals surface area contributed by atoms with E-state index >= 15 is 0 Å². The summed E-state index contributed by atoms with van der Waals surface area (Å²) in [6, 6.07) is 1.79. The van der Waals surface area contributed by atoms with Crippen molar-refractivity contribution in [3.63, 3.8) is 0 Å². The van der Waals surface area contributed by atoms with E-state index < -0.39 is 0 Å². The monoisotopic (exact) mass is 430 g/mol. The fourth-order valence-electron chi connectivity index (χ4n) is 3.65. The summed E-state index contributed by atoms with van der Waals surface area (Å²) in [6.45, 7) is 7.55. The van der Waals surface area contributed by atoms with E-state index in [1.165, 1.54) is 11.0 Å². The summed E-state index contributed by atoms with van der Waals surface area (Å²) in [6.07, 6.45) is 4.63. The van der Waals surface area contributed by atoms with Crippen molar-refractivity contribution in [3.8, 4) is 17.1 Å². The van der Waals surface area contributed by atoms with Crippen LogP contribution in [0.2, 0.25) is 5.02 Å². The van der Waals surface area contributed by atoms with Crippen molar-refractivity contribution in [2.75, 3.05) is 18.0 Å². The van der Waals surface area contributed by atoms with Gasteiger partial charge in [-0.25, -0.2) is 14.6 Å². The van der Waals surface area contributed by atoms with Gasteiger partial charge in [-0.1, -0.05) is 23.7 Å². The molecule has 1 aliphatic rings. The van der Waals surface area contributed by atoms with Crippen molar-refractivity contribution in [2.45, 2.75) is 46.3 Å². The molecule has 158 valence electrons. The second-order valence-electron chi connectivity index (χ2n) is 7.29. The maximum Gasteiger partial charge on any atom is 0.287 e. The molecule has 10 heteroatoms. The van der Waals surface area contributed by atoms with Crippen LogP contribution in [0.25, 0.3) is 11.3 Å². The van der Waals surface area contributed by atoms with Gasteiger partial charge in [0.25, 0.3) is 5.56 Å². The summed E-state index contributed by atoms with van der Waals surface area (Å²) in [5.41, 5.74) is 2.70. The van der Waals surface area contributed by atoms with Crippen LogP contribution in [0.3, 0.4) is 0 Å². The van der Waals surface area contributed by atoms with Crippen LogP contribution in [-0.4, -0.2) is 44.1 Å². The molecule has 0 unspecified atom stereocenters. The summed E-state index contributed by atoms with van der Waals surface area (Å²) < 4.78 is 12.7. The SMILES string of the molecule is CCCn1ncc(N2CC[C@@H](Oc3cc(-c4c(C)noc4C)ncn3)C2)c(Cl)c1=O. The average molecular weight is 431 g/mol. The molecule has 0 radical (unpaired) electrons. The van der Waals surface area contributed by atoms with Gasteiger partial charge in [-0.2, -0.15) is 5.10 Å². The molecule has 1 saturated heterocycles. The van der Waals surface area contributed by atoms with E-state index in [0.717, 1.165) is 24.1 Å². The van der Waals surface area contributed by atoms with E-state index in [-0.39, 0.29) is 16.7 Å². The molecule has 0 aliphatic carbocycles. The highest BCUT2D eigenvalue weighted by Crippen LogP contribution is 2.29. The van der Waals surface area contributed by atoms with Crippen LogP contribution in [0, 0.1) is 13.8 Å². The third-order valence-electron chi connectivity index (χ3n) is 5.11. The molecule has 0 aromatic carbocycles. The van der Waals surface area contributed by atoms with Crippen molar-refractivity contribution < 1.29 is 9.26 Å². The van der Waals surface area contributed by atoms with Crippen molar-refractivity contribution >= 4 is 17.3 Å². The van der Waals surface area contributed by atoms with Crippen LogP contribution in [-0.2, 0) is 6.54 Å². The molecular formula is C20H23ClN6O3. The zero-order valence-electron chi connectivity index (χ0n) is 17.1. The lowest BCUT2D eigenvalue weighted by Crippen LogP contribution is -2.29. The molecular weight excluding hydrogens is 408 g/mol. The molecule has 3 aromatic rings. The van der Waals surface area contributed by atoms with E-state index in [4.69, 9.17) is 20.9 Å². The lowest BCUT2D eigenvalue weighted by molar-refractivity contribution is 0.215. The van der Waals surface area contributed by atoms with Gasteiger partial charge in [0.2, 0.25) is 5.88 Å². The highest BCUT2D eigenvalue weighted by Gasteiger charge is 2.27. The van der Waals surface area contributed by atoms with Crippen LogP contribution < -0.4 is 15.2 Å². The lowest BCUT2D eigenvalue weighted by Gasteiger charge is -2.20. The van der Waals surface area contributed by atoms with Gasteiger partial charge in [-0.15, -0.1) is 0 Å². The minimum Gasteiger partial charge on any atom is -0.472 e. The maximum absolute atomic E-state index is 12.4. The number of halogens is 1. The van der Waals surface area contributed by atoms with Crippen molar-refractivity contribution in [1.82, 2.24) is 24.9 Å². The standard InChI is InChI=1S/C20H23ClN6O3/c1-4-6-27-20(28)19(21)16(9-24-27)26-7-5-14(10-26)29-17-8-15(22-11-23-17)18-12(2)25-30-13(18)3/h8-9,11,14H,4-7,10H2,1-3H3/t14-/m1/s1. The summed E-state index contributed by atoms with van der Waals surface area (Å²) in [7, 11) is 0. The highest BCUT2D eigenvalue weighted by atomic mass is 35.5. The Hall–Kier alpha value is -2.94. The summed E-state index contributed by atoms with van der Waals surface area (Å²) >= 11 is 6.34. The van der Waals surface area contributed by atoms with Gasteiger partial charge in [0.05, 0.1) is 35.4 Å². The van der Waals surface area contributed by atoms with Crippen LogP contribution in [0.1, 0.15) is 31.2 Å². The first-order chi connectivity index (χ1) is 14.5. The topological polar surface area (TPSA) is 99.2 Å². The first-order valence-corrected chi connectivity index (χ1v) is 10.3. The quantitative estimate of drug-likeness (QED) is 0.588. The smallest absolute Gasteiger partial charge is 0.287 e. The van der Waals surface area contributed by atoms with Crippen LogP contribution in [0.5, 0.6) is 5.88 Å². The molecule has 1 aliphatic heterocycles. The van der Waals surface area contributed by atoms with Gasteiger partial charge >= 0.3 is 0 Å². The third kappa shape index (κ3) is 3.89. The Kier molecular flexibility index (Phi) is 5.72. The van der Waals surface area contributed by atoms with Gasteiger partial charge in [0.15, 0.2) is 0 Å². The molecule has 9 nitrogen and oxygen atoms in total. The van der Waals surface area contributed by atoms with Crippen LogP contribution in [0.15, 0.2) is 27.9 Å². The number of rotatable bonds is 6. The molecule has 3 aromatic heterocycles. The molecule has 4 rings (SSSR count). The molecule has 1 fully saturated rings. The summed E-state index contributed by atoms with van der Waals surface area (Å²) in [5, 5.41) is 8.41. The fraction of sp³-hybridized carbons (Fsp3) is 0.450. The molecule has 4 heterocycles. The van der Waals surface area contributed by atoms with Gasteiger partial charge in [-0.3, -0.25) is 4.79 Å². The lowest BCUT2D eigenvalue weighted by atomic mass is 10.1. The molecule has 0 spiro atoms. The largest absolute Gasteiger partial charge is 0.472 e. The number of ether oxygens (including phenoxy) is 1. The van der Waals surface area contributed by atoms with E-state index in [9.17, 15) is 4.79 Å². The Labute approximate surface area is 178 Å². The minimum atomic E-state index is -0.264. The van der Waals surface area contributed by atoms with Gasteiger partial charge in [-0.05, 0) is 20.3 Å². The number of aromatic nitrogens is 5. The second-order valence-corrected chi connectivity index (χ2v) is 7.67. The van der Waals surface area contributed by atoms with E-state index in [1.54, 1.807) is 12.3 Å². The Morgan fingerprint density at radius 3 is 2.90 bits per heavy atom. The number of nitrogens with zero attached hydrogens (tertiary/aromatic N) is 6. The maximum atomic E-state index is 12.4. The Balaban J connectivity index is 1.48. The first-order valence-electron chi connectivity index (χ1n) is 9.90. The summed E-state index contributed by atoms with van der Waals surface area (Å²) in [4.78, 5) is 23.0. The molecule has 0 bridgehead atoms. The average Bonchev–Trinajstić information content (AvgIpc) is 3.32. The third-order valence-corrected chi connectivity index (χ3v) is 5.46.